The molecule has 0 atom stereocenters. The average Bonchev–Trinajstić information content (AvgIpc) is 3.51. The highest BCUT2D eigenvalue weighted by Crippen LogP contribution is 2.70. The number of fused-ring (bicyclic) bond motifs is 3. The first kappa shape index (κ1) is 29.9. The molecule has 5 aliphatic carbocycles. The van der Waals surface area contributed by atoms with E-state index >= 15 is 0 Å². The van der Waals surface area contributed by atoms with Crippen molar-refractivity contribution >= 4 is 0 Å². The average molecular weight is 672 g/mol. The maximum absolute atomic E-state index is 5.42. The van der Waals surface area contributed by atoms with Crippen LogP contribution in [0.3, 0.4) is 0 Å². The predicted octanol–water partition coefficient (Wildman–Crippen LogP) is 10.7. The van der Waals surface area contributed by atoms with Gasteiger partial charge in [0.2, 0.25) is 0 Å². The number of pyridine rings is 2. The Hall–Kier alpha value is -5.81. The Morgan fingerprint density at radius 3 is 1.77 bits per heavy atom. The number of hydrogen-bond acceptors (Lipinski definition) is 5. The van der Waals surface area contributed by atoms with Crippen molar-refractivity contribution in [1.82, 2.24) is 24.9 Å². The van der Waals surface area contributed by atoms with Crippen molar-refractivity contribution in [3.05, 3.63) is 151 Å². The van der Waals surface area contributed by atoms with E-state index in [-0.39, 0.29) is 5.41 Å². The van der Waals surface area contributed by atoms with Crippen molar-refractivity contribution in [2.45, 2.75) is 37.5 Å². The summed E-state index contributed by atoms with van der Waals surface area (Å²) in [5, 5.41) is 0. The summed E-state index contributed by atoms with van der Waals surface area (Å²) in [4.78, 5) is 25.8. The van der Waals surface area contributed by atoms with Crippen molar-refractivity contribution in [3.8, 4) is 67.5 Å². The van der Waals surface area contributed by atoms with Crippen LogP contribution in [0, 0.1) is 23.7 Å². The summed E-state index contributed by atoms with van der Waals surface area (Å²) in [6.07, 6.45) is 14.8. The molecule has 4 bridgehead atoms. The van der Waals surface area contributed by atoms with Crippen LogP contribution in [0.2, 0.25) is 0 Å². The van der Waals surface area contributed by atoms with E-state index in [1.165, 1.54) is 54.4 Å². The highest BCUT2D eigenvalue weighted by atomic mass is 15.0. The predicted molar refractivity (Wildman–Crippen MR) is 206 cm³/mol. The molecule has 5 nitrogen and oxygen atoms in total. The number of hydrogen-bond donors (Lipinski definition) is 0. The molecule has 7 aromatic rings. The summed E-state index contributed by atoms with van der Waals surface area (Å²) in [5.74, 6) is 4.85. The largest absolute Gasteiger partial charge is 0.264 e. The van der Waals surface area contributed by atoms with Gasteiger partial charge in [-0.15, -0.1) is 0 Å². The van der Waals surface area contributed by atoms with Crippen molar-refractivity contribution < 1.29 is 0 Å². The fourth-order valence-corrected chi connectivity index (χ4v) is 10.9. The molecule has 250 valence electrons. The van der Waals surface area contributed by atoms with Crippen LogP contribution in [0.15, 0.2) is 140 Å². The Kier molecular flexibility index (Phi) is 6.67. The molecule has 0 amide bonds. The highest BCUT2D eigenvalue weighted by molar-refractivity contribution is 5.88. The van der Waals surface area contributed by atoms with Crippen molar-refractivity contribution in [2.24, 2.45) is 23.7 Å². The van der Waals surface area contributed by atoms with E-state index in [0.717, 1.165) is 50.8 Å². The molecule has 12 rings (SSSR count). The zero-order chi connectivity index (χ0) is 34.2. The summed E-state index contributed by atoms with van der Waals surface area (Å²) in [7, 11) is 0. The van der Waals surface area contributed by atoms with E-state index in [1.54, 1.807) is 0 Å². The lowest BCUT2D eigenvalue weighted by molar-refractivity contribution is -0.0398. The first-order chi connectivity index (χ1) is 25.7. The van der Waals surface area contributed by atoms with Crippen LogP contribution in [0.25, 0.3) is 67.5 Å². The van der Waals surface area contributed by atoms with Crippen LogP contribution in [0.4, 0.5) is 0 Å². The highest BCUT2D eigenvalue weighted by Gasteiger charge is 2.62. The number of aromatic nitrogens is 5. The van der Waals surface area contributed by atoms with Gasteiger partial charge in [0.25, 0.3) is 0 Å². The minimum atomic E-state index is -0.104. The van der Waals surface area contributed by atoms with Gasteiger partial charge in [-0.1, -0.05) is 103 Å². The van der Waals surface area contributed by atoms with Gasteiger partial charge >= 0.3 is 0 Å². The molecule has 4 fully saturated rings. The molecule has 5 heteroatoms. The molecule has 1 spiro atoms. The van der Waals surface area contributed by atoms with Gasteiger partial charge < -0.3 is 0 Å². The minimum Gasteiger partial charge on any atom is -0.264 e. The lowest BCUT2D eigenvalue weighted by Gasteiger charge is -2.61. The maximum Gasteiger partial charge on any atom is 0.165 e. The second-order valence-electron chi connectivity index (χ2n) is 15.4. The molecule has 0 saturated heterocycles. The second-order valence-corrected chi connectivity index (χ2v) is 15.4. The molecule has 5 aliphatic rings. The molecular weight excluding hydrogens is 635 g/mol. The summed E-state index contributed by atoms with van der Waals surface area (Å²) in [6, 6.07) is 40.3. The molecular formula is C47H37N5. The minimum absolute atomic E-state index is 0.104. The van der Waals surface area contributed by atoms with Crippen LogP contribution in [-0.2, 0) is 5.41 Å². The first-order valence-electron chi connectivity index (χ1n) is 18.7. The van der Waals surface area contributed by atoms with Crippen LogP contribution in [-0.4, -0.2) is 24.9 Å². The van der Waals surface area contributed by atoms with E-state index in [1.807, 2.05) is 12.4 Å². The SMILES string of the molecule is c1ccc(-c2cccc(-c3nc(-c4ccccc4-c4ccccc4)nc(-c4cncc5c4C4(c6cnccc6-5)C5CC6CC(C5)CC4C6)n3)c2)cc1. The fraction of sp³-hybridized carbons (Fsp3) is 0.213. The van der Waals surface area contributed by atoms with E-state index in [0.29, 0.717) is 29.3 Å². The molecule has 52 heavy (non-hydrogen) atoms. The van der Waals surface area contributed by atoms with Crippen molar-refractivity contribution in [2.75, 3.05) is 0 Å². The van der Waals surface area contributed by atoms with E-state index in [9.17, 15) is 0 Å². The molecule has 0 N–H and O–H groups in total. The lowest BCUT2D eigenvalue weighted by atomic mass is 9.43. The Morgan fingerprint density at radius 2 is 1.02 bits per heavy atom. The third kappa shape index (κ3) is 4.44. The van der Waals surface area contributed by atoms with Gasteiger partial charge in [0.1, 0.15) is 0 Å². The lowest BCUT2D eigenvalue weighted by Crippen LogP contribution is -2.55. The summed E-state index contributed by atoms with van der Waals surface area (Å²) >= 11 is 0. The van der Waals surface area contributed by atoms with E-state index in [4.69, 9.17) is 24.9 Å². The van der Waals surface area contributed by atoms with Crippen LogP contribution >= 0.6 is 0 Å². The van der Waals surface area contributed by atoms with Gasteiger partial charge in [0, 0.05) is 52.5 Å². The summed E-state index contributed by atoms with van der Waals surface area (Å²) < 4.78 is 0. The first-order valence-corrected chi connectivity index (χ1v) is 18.7. The Labute approximate surface area is 303 Å². The molecule has 0 aliphatic heterocycles. The van der Waals surface area contributed by atoms with Crippen molar-refractivity contribution in [3.63, 3.8) is 0 Å². The maximum atomic E-state index is 5.42. The van der Waals surface area contributed by atoms with Crippen LogP contribution < -0.4 is 0 Å². The summed E-state index contributed by atoms with van der Waals surface area (Å²) in [5.41, 5.74) is 12.7. The molecule has 3 aromatic heterocycles. The smallest absolute Gasteiger partial charge is 0.165 e. The topological polar surface area (TPSA) is 64.5 Å². The van der Waals surface area contributed by atoms with Gasteiger partial charge in [-0.05, 0) is 107 Å². The third-order valence-electron chi connectivity index (χ3n) is 12.7. The molecule has 4 saturated carbocycles. The van der Waals surface area contributed by atoms with Gasteiger partial charge in [0.05, 0.1) is 0 Å². The van der Waals surface area contributed by atoms with Gasteiger partial charge in [-0.25, -0.2) is 15.0 Å². The molecule has 4 aromatic carbocycles. The van der Waals surface area contributed by atoms with Gasteiger partial charge in [-0.2, -0.15) is 0 Å². The Bertz CT molecular complexity index is 2460. The zero-order valence-electron chi connectivity index (χ0n) is 28.9. The van der Waals surface area contributed by atoms with E-state index < -0.39 is 0 Å². The van der Waals surface area contributed by atoms with Crippen LogP contribution in [0.1, 0.15) is 43.2 Å². The van der Waals surface area contributed by atoms with Crippen LogP contribution in [0.5, 0.6) is 0 Å². The fourth-order valence-electron chi connectivity index (χ4n) is 10.9. The van der Waals surface area contributed by atoms with Gasteiger partial charge in [-0.3, -0.25) is 9.97 Å². The normalized spacial score (nSPS) is 23.5. The van der Waals surface area contributed by atoms with Gasteiger partial charge in [0.15, 0.2) is 17.5 Å². The van der Waals surface area contributed by atoms with E-state index in [2.05, 4.69) is 128 Å². The van der Waals surface area contributed by atoms with Crippen molar-refractivity contribution in [1.29, 1.82) is 0 Å². The second kappa shape index (κ2) is 11.6. The summed E-state index contributed by atoms with van der Waals surface area (Å²) in [6.45, 7) is 0. The zero-order valence-corrected chi connectivity index (χ0v) is 28.9. The molecule has 3 heterocycles. The standard InChI is InChI=1S/C47H37N5/c1-3-10-31(11-4-1)33-14-9-15-34(25-33)44-50-45(39-17-8-7-16-37(39)32-12-5-2-6-13-32)52-46(51-44)41-27-49-26-40-38-18-19-48-28-42(38)47(43(40)41)35-21-29-20-30(23-35)24-36(47)22-29/h1-19,25-30,35-36H,20-24H2. The Morgan fingerprint density at radius 1 is 0.423 bits per heavy atom. The number of benzene rings is 4. The Balaban J connectivity index is 1.16. The third-order valence-corrected chi connectivity index (χ3v) is 12.7. The number of rotatable bonds is 5. The quantitative estimate of drug-likeness (QED) is 0.182. The number of nitrogens with zero attached hydrogens (tertiary/aromatic N) is 5. The monoisotopic (exact) mass is 671 g/mol. The molecule has 0 unspecified atom stereocenters. The molecule has 0 radical (unpaired) electrons.